The van der Waals surface area contributed by atoms with Crippen LogP contribution in [0.2, 0.25) is 0 Å². The third kappa shape index (κ3) is 9.84. The van der Waals surface area contributed by atoms with Crippen molar-refractivity contribution in [3.05, 3.63) is 119 Å². The summed E-state index contributed by atoms with van der Waals surface area (Å²) in [5.74, 6) is -9.17. The van der Waals surface area contributed by atoms with E-state index in [2.05, 4.69) is 5.32 Å². The number of nitrogens with one attached hydrogen (secondary N) is 1. The summed E-state index contributed by atoms with van der Waals surface area (Å²) in [7, 11) is 0. The lowest BCUT2D eigenvalue weighted by molar-refractivity contribution is -0.346. The summed E-state index contributed by atoms with van der Waals surface area (Å²) in [6.07, 6.45) is -11.3. The van der Waals surface area contributed by atoms with Gasteiger partial charge in [0, 0.05) is 50.5 Å². The number of carbonyl (C=O) groups is 8. The molecule has 3 aromatic rings. The number of aliphatic hydroxyl groups is 2. The van der Waals surface area contributed by atoms with Gasteiger partial charge in [-0.3, -0.25) is 28.8 Å². The van der Waals surface area contributed by atoms with E-state index in [0.29, 0.717) is 5.56 Å². The van der Waals surface area contributed by atoms with Crippen LogP contribution < -0.4 is 5.32 Å². The first-order valence-corrected chi connectivity index (χ1v) is 23.5. The van der Waals surface area contributed by atoms with Gasteiger partial charge in [-0.05, 0) is 67.7 Å². The number of esters is 5. The van der Waals surface area contributed by atoms with Crippen molar-refractivity contribution in [2.75, 3.05) is 6.61 Å². The number of amides is 1. The topological polar surface area (TPSA) is 265 Å². The number of fused-ring (bicyclic) bond motifs is 5. The van der Waals surface area contributed by atoms with Crippen LogP contribution in [-0.4, -0.2) is 117 Å². The van der Waals surface area contributed by atoms with E-state index in [1.807, 2.05) is 0 Å². The highest BCUT2D eigenvalue weighted by atomic mass is 16.6. The summed E-state index contributed by atoms with van der Waals surface area (Å²) in [5, 5.41) is 38.1. The molecule has 2 saturated carbocycles. The lowest BCUT2D eigenvalue weighted by Gasteiger charge is -2.67. The minimum Gasteiger partial charge on any atom is -0.481 e. The molecule has 0 radical (unpaired) electrons. The Hall–Kier alpha value is -6.76. The number of hydrogen-bond donors (Lipinski definition) is 4. The molecule has 1 amide bonds. The van der Waals surface area contributed by atoms with Crippen LogP contribution in [0.5, 0.6) is 0 Å². The molecular formula is C53H59NO17. The molecule has 378 valence electrons. The summed E-state index contributed by atoms with van der Waals surface area (Å²) < 4.78 is 36.6. The highest BCUT2D eigenvalue weighted by Gasteiger charge is 2.78. The zero-order valence-corrected chi connectivity index (χ0v) is 40.3. The Kier molecular flexibility index (Phi) is 15.1. The molecule has 7 rings (SSSR count). The average Bonchev–Trinajstić information content (AvgIpc) is 3.32. The molecule has 18 nitrogen and oxygen atoms in total. The fourth-order valence-electron chi connectivity index (χ4n) is 11.0. The fourth-order valence-corrected chi connectivity index (χ4v) is 11.0. The molecule has 0 spiro atoms. The van der Waals surface area contributed by atoms with Gasteiger partial charge in [0.1, 0.15) is 30.0 Å². The third-order valence-corrected chi connectivity index (χ3v) is 14.7. The summed E-state index contributed by atoms with van der Waals surface area (Å²) in [4.78, 5) is 110. The number of carbonyl (C=O) groups excluding carboxylic acids is 7. The van der Waals surface area contributed by atoms with Gasteiger partial charge in [-0.15, -0.1) is 0 Å². The number of carboxylic acids is 1. The van der Waals surface area contributed by atoms with Crippen molar-refractivity contribution in [3.63, 3.8) is 0 Å². The molecule has 0 aromatic heterocycles. The predicted octanol–water partition coefficient (Wildman–Crippen LogP) is 4.93. The van der Waals surface area contributed by atoms with Crippen molar-refractivity contribution in [2.24, 2.45) is 16.7 Å². The van der Waals surface area contributed by atoms with E-state index >= 15 is 9.59 Å². The second-order valence-corrected chi connectivity index (χ2v) is 19.4. The minimum absolute atomic E-state index is 0.0314. The van der Waals surface area contributed by atoms with Crippen LogP contribution >= 0.6 is 0 Å². The lowest BCUT2D eigenvalue weighted by atomic mass is 9.44. The maximum absolute atomic E-state index is 15.7. The highest BCUT2D eigenvalue weighted by Crippen LogP contribution is 2.64. The van der Waals surface area contributed by atoms with Gasteiger partial charge in [0.2, 0.25) is 6.10 Å². The van der Waals surface area contributed by atoms with Crippen LogP contribution in [0.3, 0.4) is 0 Å². The number of aliphatic carboxylic acids is 1. The Bertz CT molecular complexity index is 2580. The number of rotatable bonds is 16. The van der Waals surface area contributed by atoms with Crippen molar-refractivity contribution < 1.29 is 82.1 Å². The second kappa shape index (κ2) is 20.5. The molecule has 1 unspecified atom stereocenters. The van der Waals surface area contributed by atoms with Crippen molar-refractivity contribution in [3.8, 4) is 0 Å². The van der Waals surface area contributed by atoms with Crippen molar-refractivity contribution in [1.29, 1.82) is 0 Å². The number of ether oxygens (including phenoxy) is 6. The Labute approximate surface area is 410 Å². The van der Waals surface area contributed by atoms with E-state index < -0.39 is 125 Å². The van der Waals surface area contributed by atoms with Crippen molar-refractivity contribution in [2.45, 2.75) is 134 Å². The molecule has 3 fully saturated rings. The van der Waals surface area contributed by atoms with Crippen molar-refractivity contribution in [1.82, 2.24) is 5.32 Å². The molecule has 4 aliphatic rings. The molecular weight excluding hydrogens is 923 g/mol. The number of benzene rings is 3. The van der Waals surface area contributed by atoms with Gasteiger partial charge in [-0.1, -0.05) is 80.6 Å². The minimum atomic E-state index is -2.48. The van der Waals surface area contributed by atoms with Gasteiger partial charge in [0.25, 0.3) is 5.91 Å². The van der Waals surface area contributed by atoms with E-state index in [9.17, 15) is 44.1 Å². The second-order valence-electron chi connectivity index (χ2n) is 19.4. The number of carboxylic acid groups (broad SMARTS) is 1. The number of hydrogen-bond acceptors (Lipinski definition) is 16. The first kappa shape index (κ1) is 52.1. The Morgan fingerprint density at radius 1 is 0.803 bits per heavy atom. The molecule has 11 atom stereocenters. The molecule has 3 aromatic carbocycles. The van der Waals surface area contributed by atoms with Gasteiger partial charge in [0.15, 0.2) is 17.5 Å². The fraction of sp³-hybridized carbons (Fsp3) is 0.472. The molecule has 1 saturated heterocycles. The van der Waals surface area contributed by atoms with Gasteiger partial charge in [-0.2, -0.15) is 0 Å². The number of aliphatic hydroxyl groups excluding tert-OH is 1. The maximum atomic E-state index is 15.7. The quantitative estimate of drug-likeness (QED) is 0.0641. The lowest BCUT2D eigenvalue weighted by Crippen LogP contribution is -2.82. The van der Waals surface area contributed by atoms with Crippen LogP contribution in [0.4, 0.5) is 0 Å². The van der Waals surface area contributed by atoms with Gasteiger partial charge in [-0.25, -0.2) is 9.59 Å². The number of ketones is 1. The number of Topliss-reactive ketones (excluding diaryl/α,β-unsaturated/α-hetero) is 1. The van der Waals surface area contributed by atoms with Gasteiger partial charge in [0.05, 0.1) is 29.6 Å². The molecule has 1 heterocycles. The van der Waals surface area contributed by atoms with Crippen LogP contribution in [0.15, 0.2) is 102 Å². The summed E-state index contributed by atoms with van der Waals surface area (Å²) in [6, 6.07) is 22.5. The third-order valence-electron chi connectivity index (χ3n) is 14.7. The van der Waals surface area contributed by atoms with Crippen molar-refractivity contribution >= 4 is 47.5 Å². The van der Waals surface area contributed by atoms with Crippen LogP contribution in [0, 0.1) is 16.7 Å². The molecule has 3 aliphatic carbocycles. The van der Waals surface area contributed by atoms with Crippen LogP contribution in [0.25, 0.3) is 0 Å². The Balaban J connectivity index is 1.40. The van der Waals surface area contributed by atoms with E-state index in [4.69, 9.17) is 28.4 Å². The molecule has 4 N–H and O–H groups in total. The van der Waals surface area contributed by atoms with Gasteiger partial charge < -0.3 is 49.1 Å². The van der Waals surface area contributed by atoms with E-state index in [1.54, 1.807) is 66.7 Å². The summed E-state index contributed by atoms with van der Waals surface area (Å²) >= 11 is 0. The zero-order chi connectivity index (χ0) is 51.6. The van der Waals surface area contributed by atoms with Gasteiger partial charge >= 0.3 is 35.8 Å². The maximum Gasteiger partial charge on any atom is 0.350 e. The zero-order valence-electron chi connectivity index (χ0n) is 40.3. The number of unbranched alkanes of at least 4 members (excludes halogenated alkanes) is 1. The first-order valence-electron chi connectivity index (χ1n) is 23.5. The van der Waals surface area contributed by atoms with E-state index in [1.165, 1.54) is 52.0 Å². The standard InChI is InChI=1S/C53H59NO17/c1-29-35(68-49(64)43(69-39(60)25-17-16-24-38(58)59)41(32-18-10-7-11-19-32)54-47(62)33-20-12-8-13-21-33)27-53(65)46(70-48(63)34-22-14-9-15-23-34)44-51(6,36(57)26-37-52(44,28-66-37)71-31(3)56)45(61)42(67-30(2)55)40(29)50(53,4)5/h7-15,18-23,35-37,41-44,46,57,65H,16-17,24-28H2,1-6H3,(H,54,62)(H,58,59)/t35-,36-,37+,41-,42+,43+,44?,46-,51+,52-,53+/m0/s1. The smallest absolute Gasteiger partial charge is 0.350 e. The summed E-state index contributed by atoms with van der Waals surface area (Å²) in [5.41, 5.74) is -7.60. The molecule has 71 heavy (non-hydrogen) atoms. The molecule has 1 aliphatic heterocycles. The largest absolute Gasteiger partial charge is 0.481 e. The van der Waals surface area contributed by atoms with Crippen LogP contribution in [-0.2, 0) is 57.2 Å². The Morgan fingerprint density at radius 2 is 1.39 bits per heavy atom. The average molecular weight is 982 g/mol. The highest BCUT2D eigenvalue weighted by molar-refractivity contribution is 5.96. The predicted molar refractivity (Wildman–Crippen MR) is 248 cm³/mol. The van der Waals surface area contributed by atoms with E-state index in [0.717, 1.165) is 13.8 Å². The summed E-state index contributed by atoms with van der Waals surface area (Å²) in [6.45, 7) is 7.78. The molecule has 2 bridgehead atoms. The normalized spacial score (nSPS) is 29.2. The van der Waals surface area contributed by atoms with E-state index in [-0.39, 0.29) is 61.0 Å². The molecule has 18 heteroatoms. The monoisotopic (exact) mass is 981 g/mol. The SMILES string of the molecule is CC(=O)O[C@H]1C(=O)[C@@]2(C)C([C@H](OC(=O)c3ccccc3)[C@]3(O)C[C@H](OC(=O)[C@H](OC(=O)CCCCC(=O)O)[C@@H](NC(=O)c4ccccc4)c4ccccc4)C(C)=C1C3(C)C)[C@]1(OC(C)=O)CO[C@@H]1C[C@@H]2O. The first-order chi connectivity index (χ1) is 33.6. The van der Waals surface area contributed by atoms with Crippen LogP contribution in [0.1, 0.15) is 112 Å². The Morgan fingerprint density at radius 3 is 1.96 bits per heavy atom.